The molecule has 4 rings (SSSR count). The number of hydrogen-bond donors (Lipinski definition) is 1. The predicted octanol–water partition coefficient (Wildman–Crippen LogP) is 3.97. The molecule has 1 aromatic heterocycles. The summed E-state index contributed by atoms with van der Waals surface area (Å²) in [5, 5.41) is 8.09. The molecule has 0 unspecified atom stereocenters. The second-order valence-electron chi connectivity index (χ2n) is 6.30. The van der Waals surface area contributed by atoms with Crippen molar-refractivity contribution in [2.75, 3.05) is 0 Å². The normalized spacial score (nSPS) is 14.6. The summed E-state index contributed by atoms with van der Waals surface area (Å²) in [5.41, 5.74) is 9.81. The molecule has 3 aromatic rings. The van der Waals surface area contributed by atoms with Gasteiger partial charge in [0.25, 0.3) is 0 Å². The smallest absolute Gasteiger partial charge is 0.232 e. The molecule has 0 fully saturated rings. The topological polar surface area (TPSA) is 64.9 Å². The van der Waals surface area contributed by atoms with Gasteiger partial charge in [0, 0.05) is 5.92 Å². The number of nitrogens with two attached hydrogens (primary N) is 1. The molecule has 4 heteroatoms. The highest BCUT2D eigenvalue weighted by atomic mass is 16.4. The number of fused-ring (bicyclic) bond motifs is 1. The van der Waals surface area contributed by atoms with E-state index in [0.29, 0.717) is 17.7 Å². The summed E-state index contributed by atoms with van der Waals surface area (Å²) in [6.07, 6.45) is 1.97. The van der Waals surface area contributed by atoms with Crippen molar-refractivity contribution < 1.29 is 4.42 Å². The van der Waals surface area contributed by atoms with E-state index >= 15 is 0 Å². The van der Waals surface area contributed by atoms with Crippen LogP contribution in [0.5, 0.6) is 0 Å². The summed E-state index contributed by atoms with van der Waals surface area (Å²) >= 11 is 0. The molecule has 0 amide bonds. The summed E-state index contributed by atoms with van der Waals surface area (Å²) in [6, 6.07) is 18.5. The molecule has 1 heterocycles. The number of benzene rings is 2. The van der Waals surface area contributed by atoms with Crippen molar-refractivity contribution in [3.8, 4) is 0 Å². The minimum absolute atomic E-state index is 0.194. The van der Waals surface area contributed by atoms with E-state index in [2.05, 4.69) is 53.5 Å². The first-order valence-electron chi connectivity index (χ1n) is 8.31. The summed E-state index contributed by atoms with van der Waals surface area (Å²) in [7, 11) is 0. The maximum Gasteiger partial charge on any atom is 0.232 e. The monoisotopic (exact) mass is 321 g/mol. The quantitative estimate of drug-likeness (QED) is 0.775. The molecular weight excluding hydrogens is 298 g/mol. The Morgan fingerprint density at radius 3 is 2.00 bits per heavy atom. The van der Waals surface area contributed by atoms with Crippen LogP contribution in [0.15, 0.2) is 59.0 Å². The van der Waals surface area contributed by atoms with Crippen LogP contribution in [0.25, 0.3) is 0 Å². The molecule has 24 heavy (non-hydrogen) atoms. The van der Waals surface area contributed by atoms with E-state index in [4.69, 9.17) is 10.2 Å². The summed E-state index contributed by atoms with van der Waals surface area (Å²) in [4.78, 5) is 0. The van der Waals surface area contributed by atoms with Gasteiger partial charge < -0.3 is 10.2 Å². The molecule has 0 spiro atoms. The van der Waals surface area contributed by atoms with E-state index in [9.17, 15) is 0 Å². The Kier molecular flexibility index (Phi) is 5.06. The summed E-state index contributed by atoms with van der Waals surface area (Å²) in [6.45, 7) is 3.93. The Balaban J connectivity index is 0.000000203. The molecular formula is C20H23N3O. The summed E-state index contributed by atoms with van der Waals surface area (Å²) in [5.74, 6) is 1.55. The van der Waals surface area contributed by atoms with Crippen LogP contribution in [-0.4, -0.2) is 10.2 Å². The third-order valence-electron chi connectivity index (χ3n) is 4.19. The SMILES string of the molecule is C[C@H](N)c1nnc(C2Cc3ccccc3C2)o1.Cc1ccccc1. The Morgan fingerprint density at radius 1 is 0.958 bits per heavy atom. The zero-order valence-corrected chi connectivity index (χ0v) is 14.1. The average molecular weight is 321 g/mol. The highest BCUT2D eigenvalue weighted by Gasteiger charge is 2.27. The van der Waals surface area contributed by atoms with Crippen molar-refractivity contribution in [3.63, 3.8) is 0 Å². The van der Waals surface area contributed by atoms with Crippen LogP contribution in [0.2, 0.25) is 0 Å². The average Bonchev–Trinajstić information content (AvgIpc) is 3.23. The molecule has 124 valence electrons. The fourth-order valence-electron chi connectivity index (χ4n) is 2.86. The van der Waals surface area contributed by atoms with Crippen LogP contribution in [0.4, 0.5) is 0 Å². The van der Waals surface area contributed by atoms with Gasteiger partial charge in [-0.3, -0.25) is 0 Å². The fourth-order valence-corrected chi connectivity index (χ4v) is 2.86. The van der Waals surface area contributed by atoms with E-state index < -0.39 is 0 Å². The van der Waals surface area contributed by atoms with Gasteiger partial charge >= 0.3 is 0 Å². The van der Waals surface area contributed by atoms with Crippen molar-refractivity contribution >= 4 is 0 Å². The third-order valence-corrected chi connectivity index (χ3v) is 4.19. The molecule has 4 nitrogen and oxygen atoms in total. The van der Waals surface area contributed by atoms with E-state index in [0.717, 1.165) is 12.8 Å². The second kappa shape index (κ2) is 7.41. The number of rotatable bonds is 2. The zero-order valence-electron chi connectivity index (χ0n) is 14.1. The molecule has 0 saturated carbocycles. The zero-order chi connectivity index (χ0) is 16.9. The van der Waals surface area contributed by atoms with Gasteiger partial charge in [0.15, 0.2) is 0 Å². The molecule has 2 N–H and O–H groups in total. The minimum atomic E-state index is -0.194. The first kappa shape index (κ1) is 16.4. The van der Waals surface area contributed by atoms with Crippen LogP contribution in [0, 0.1) is 6.92 Å². The van der Waals surface area contributed by atoms with Crippen LogP contribution < -0.4 is 5.73 Å². The number of nitrogens with zero attached hydrogens (tertiary/aromatic N) is 2. The Morgan fingerprint density at radius 2 is 1.54 bits per heavy atom. The van der Waals surface area contributed by atoms with Gasteiger partial charge in [-0.25, -0.2) is 0 Å². The van der Waals surface area contributed by atoms with Gasteiger partial charge in [0.2, 0.25) is 11.8 Å². The standard InChI is InChI=1S/C13H15N3O.C7H8/c1-8(14)12-15-16-13(17-12)11-6-9-4-2-3-5-10(9)7-11;1-7-5-3-2-4-6-7/h2-5,8,11H,6-7,14H2,1H3;2-6H,1H3/t8-;/m0./s1. The molecule has 2 aromatic carbocycles. The van der Waals surface area contributed by atoms with E-state index in [-0.39, 0.29) is 6.04 Å². The van der Waals surface area contributed by atoms with Gasteiger partial charge in [-0.1, -0.05) is 60.2 Å². The Labute approximate surface area is 142 Å². The Bertz CT molecular complexity index is 755. The van der Waals surface area contributed by atoms with Crippen LogP contribution in [0.1, 0.15) is 47.4 Å². The molecule has 0 bridgehead atoms. The number of aryl methyl sites for hydroxylation is 1. The highest BCUT2D eigenvalue weighted by Crippen LogP contribution is 2.33. The number of aromatic nitrogens is 2. The fraction of sp³-hybridized carbons (Fsp3) is 0.300. The predicted molar refractivity (Wildman–Crippen MR) is 94.7 cm³/mol. The van der Waals surface area contributed by atoms with E-state index in [1.54, 1.807) is 0 Å². The van der Waals surface area contributed by atoms with Crippen molar-refractivity contribution in [2.45, 2.75) is 38.6 Å². The van der Waals surface area contributed by atoms with Gasteiger partial charge in [0.1, 0.15) is 0 Å². The van der Waals surface area contributed by atoms with Crippen molar-refractivity contribution in [3.05, 3.63) is 83.1 Å². The molecule has 0 saturated heterocycles. The molecule has 1 aliphatic carbocycles. The Hall–Kier alpha value is -2.46. The van der Waals surface area contributed by atoms with E-state index in [1.165, 1.54) is 16.7 Å². The first-order valence-corrected chi connectivity index (χ1v) is 8.31. The number of hydrogen-bond acceptors (Lipinski definition) is 4. The highest BCUT2D eigenvalue weighted by molar-refractivity contribution is 5.34. The third kappa shape index (κ3) is 3.89. The van der Waals surface area contributed by atoms with Gasteiger partial charge in [-0.05, 0) is 37.8 Å². The summed E-state index contributed by atoms with van der Waals surface area (Å²) < 4.78 is 5.61. The molecule has 0 aliphatic heterocycles. The minimum Gasteiger partial charge on any atom is -0.423 e. The lowest BCUT2D eigenvalue weighted by molar-refractivity contribution is 0.401. The van der Waals surface area contributed by atoms with Crippen LogP contribution >= 0.6 is 0 Å². The lowest BCUT2D eigenvalue weighted by Gasteiger charge is -2.02. The lowest BCUT2D eigenvalue weighted by Crippen LogP contribution is -2.04. The molecule has 1 atom stereocenters. The van der Waals surface area contributed by atoms with Crippen molar-refractivity contribution in [1.82, 2.24) is 10.2 Å². The van der Waals surface area contributed by atoms with Crippen LogP contribution in [0.3, 0.4) is 0 Å². The van der Waals surface area contributed by atoms with Gasteiger partial charge in [0.05, 0.1) is 6.04 Å². The molecule has 1 aliphatic rings. The molecule has 0 radical (unpaired) electrons. The maximum absolute atomic E-state index is 5.71. The van der Waals surface area contributed by atoms with Gasteiger partial charge in [-0.2, -0.15) is 0 Å². The first-order chi connectivity index (χ1) is 11.6. The second-order valence-corrected chi connectivity index (χ2v) is 6.30. The largest absolute Gasteiger partial charge is 0.423 e. The van der Waals surface area contributed by atoms with Crippen molar-refractivity contribution in [2.24, 2.45) is 5.73 Å². The van der Waals surface area contributed by atoms with Crippen molar-refractivity contribution in [1.29, 1.82) is 0 Å². The lowest BCUT2D eigenvalue weighted by atomic mass is 10.1. The van der Waals surface area contributed by atoms with Crippen LogP contribution in [-0.2, 0) is 12.8 Å². The van der Waals surface area contributed by atoms with E-state index in [1.807, 2.05) is 25.1 Å². The van der Waals surface area contributed by atoms with Gasteiger partial charge in [-0.15, -0.1) is 10.2 Å². The maximum atomic E-state index is 5.71.